The first kappa shape index (κ1) is 17.9. The summed E-state index contributed by atoms with van der Waals surface area (Å²) in [6, 6.07) is 9.07. The summed E-state index contributed by atoms with van der Waals surface area (Å²) in [5.41, 5.74) is 2.77. The highest BCUT2D eigenvalue weighted by molar-refractivity contribution is 5.22. The second-order valence-corrected chi connectivity index (χ2v) is 7.30. The van der Waals surface area contributed by atoms with Gasteiger partial charge in [-0.2, -0.15) is 0 Å². The molecular formula is C21H33NO2. The van der Waals surface area contributed by atoms with Crippen molar-refractivity contribution in [3.8, 4) is 0 Å². The van der Waals surface area contributed by atoms with Gasteiger partial charge in [0, 0.05) is 13.1 Å². The maximum Gasteiger partial charge on any atom is 0.0720 e. The van der Waals surface area contributed by atoms with Gasteiger partial charge < -0.3 is 9.47 Å². The summed E-state index contributed by atoms with van der Waals surface area (Å²) in [5.74, 6) is 0. The van der Waals surface area contributed by atoms with Crippen LogP contribution in [0.3, 0.4) is 0 Å². The summed E-state index contributed by atoms with van der Waals surface area (Å²) in [4.78, 5) is 2.52. The molecule has 3 heteroatoms. The highest BCUT2D eigenvalue weighted by atomic mass is 16.5. The van der Waals surface area contributed by atoms with E-state index < -0.39 is 0 Å². The highest BCUT2D eigenvalue weighted by Gasteiger charge is 2.13. The maximum atomic E-state index is 6.06. The van der Waals surface area contributed by atoms with Crippen molar-refractivity contribution in [1.82, 2.24) is 4.90 Å². The molecule has 1 heterocycles. The molecule has 0 amide bonds. The summed E-state index contributed by atoms with van der Waals surface area (Å²) >= 11 is 0. The second-order valence-electron chi connectivity index (χ2n) is 7.30. The van der Waals surface area contributed by atoms with Gasteiger partial charge in [-0.1, -0.05) is 43.5 Å². The minimum atomic E-state index is 0.499. The number of unbranched alkanes of at least 4 members (excludes halogenated alkanes) is 1. The zero-order valence-corrected chi connectivity index (χ0v) is 15.0. The molecule has 0 spiro atoms. The molecule has 3 nitrogen and oxygen atoms in total. The van der Waals surface area contributed by atoms with Gasteiger partial charge in [0.25, 0.3) is 0 Å². The summed E-state index contributed by atoms with van der Waals surface area (Å²) in [5, 5.41) is 0. The normalized spacial score (nSPS) is 20.3. The Balaban J connectivity index is 1.30. The Kier molecular flexibility index (Phi) is 7.59. The van der Waals surface area contributed by atoms with E-state index in [1.54, 1.807) is 0 Å². The van der Waals surface area contributed by atoms with Gasteiger partial charge in [0.05, 0.1) is 25.9 Å². The molecule has 0 N–H and O–H groups in total. The van der Waals surface area contributed by atoms with Crippen LogP contribution < -0.4 is 0 Å². The largest absolute Gasteiger partial charge is 0.379 e. The van der Waals surface area contributed by atoms with Gasteiger partial charge in [0.15, 0.2) is 0 Å². The number of rotatable bonds is 8. The standard InChI is InChI=1S/C21H33NO2/c1-2-7-21(8-3-1)24-18-20-11-9-19(10-12-20)6-4-5-13-22-14-16-23-17-15-22/h9-12,21H,1-8,13-18H2. The Bertz CT molecular complexity index is 447. The van der Waals surface area contributed by atoms with Crippen LogP contribution in [0.5, 0.6) is 0 Å². The fraction of sp³-hybridized carbons (Fsp3) is 0.714. The van der Waals surface area contributed by atoms with E-state index >= 15 is 0 Å². The molecule has 1 saturated heterocycles. The van der Waals surface area contributed by atoms with E-state index in [1.165, 1.54) is 69.0 Å². The quantitative estimate of drug-likeness (QED) is 0.667. The van der Waals surface area contributed by atoms with Gasteiger partial charge in [-0.05, 0) is 49.8 Å². The van der Waals surface area contributed by atoms with Gasteiger partial charge in [0.1, 0.15) is 0 Å². The second kappa shape index (κ2) is 10.2. The summed E-state index contributed by atoms with van der Waals surface area (Å²) < 4.78 is 11.5. The predicted molar refractivity (Wildman–Crippen MR) is 98.3 cm³/mol. The van der Waals surface area contributed by atoms with Crippen LogP contribution in [0.25, 0.3) is 0 Å². The van der Waals surface area contributed by atoms with Crippen LogP contribution in [0.1, 0.15) is 56.1 Å². The average molecular weight is 332 g/mol. The highest BCUT2D eigenvalue weighted by Crippen LogP contribution is 2.21. The number of aryl methyl sites for hydroxylation is 1. The Labute approximate surface area is 147 Å². The lowest BCUT2D eigenvalue weighted by molar-refractivity contribution is 0.0168. The zero-order chi connectivity index (χ0) is 16.5. The summed E-state index contributed by atoms with van der Waals surface area (Å²) in [6.45, 7) is 6.03. The first-order chi connectivity index (χ1) is 11.9. The molecule has 1 aromatic rings. The molecule has 1 aliphatic heterocycles. The fourth-order valence-electron chi connectivity index (χ4n) is 3.74. The lowest BCUT2D eigenvalue weighted by Gasteiger charge is -2.26. The van der Waals surface area contributed by atoms with Crippen molar-refractivity contribution in [3.05, 3.63) is 35.4 Å². The zero-order valence-electron chi connectivity index (χ0n) is 15.0. The number of ether oxygens (including phenoxy) is 2. The van der Waals surface area contributed by atoms with Crippen LogP contribution in [0.4, 0.5) is 0 Å². The topological polar surface area (TPSA) is 21.7 Å². The molecule has 0 unspecified atom stereocenters. The van der Waals surface area contributed by atoms with Crippen molar-refractivity contribution in [2.24, 2.45) is 0 Å². The lowest BCUT2D eigenvalue weighted by atomic mass is 9.98. The van der Waals surface area contributed by atoms with Crippen molar-refractivity contribution < 1.29 is 9.47 Å². The summed E-state index contributed by atoms with van der Waals surface area (Å²) in [7, 11) is 0. The van der Waals surface area contributed by atoms with E-state index in [1.807, 2.05) is 0 Å². The molecule has 0 radical (unpaired) electrons. The lowest BCUT2D eigenvalue weighted by Crippen LogP contribution is -2.36. The molecule has 0 bridgehead atoms. The van der Waals surface area contributed by atoms with Crippen molar-refractivity contribution >= 4 is 0 Å². The monoisotopic (exact) mass is 331 g/mol. The van der Waals surface area contributed by atoms with E-state index in [2.05, 4.69) is 29.2 Å². The van der Waals surface area contributed by atoms with Gasteiger partial charge in [-0.15, -0.1) is 0 Å². The predicted octanol–water partition coefficient (Wildman–Crippen LogP) is 4.19. The molecule has 3 rings (SSSR count). The minimum absolute atomic E-state index is 0.499. The number of nitrogens with zero attached hydrogens (tertiary/aromatic N) is 1. The van der Waals surface area contributed by atoms with Crippen LogP contribution >= 0.6 is 0 Å². The fourth-order valence-corrected chi connectivity index (χ4v) is 3.74. The molecule has 1 saturated carbocycles. The number of benzene rings is 1. The van der Waals surface area contributed by atoms with Crippen LogP contribution in [0, 0.1) is 0 Å². The third-order valence-corrected chi connectivity index (χ3v) is 5.35. The third kappa shape index (κ3) is 6.19. The smallest absolute Gasteiger partial charge is 0.0720 e. The molecule has 0 atom stereocenters. The van der Waals surface area contributed by atoms with Crippen LogP contribution in [0.2, 0.25) is 0 Å². The van der Waals surface area contributed by atoms with Gasteiger partial charge >= 0.3 is 0 Å². The summed E-state index contributed by atoms with van der Waals surface area (Å²) in [6.07, 6.45) is 10.8. The van der Waals surface area contributed by atoms with Gasteiger partial charge in [-0.25, -0.2) is 0 Å². The Hall–Kier alpha value is -0.900. The van der Waals surface area contributed by atoms with Crippen LogP contribution in [0.15, 0.2) is 24.3 Å². The first-order valence-electron chi connectivity index (χ1n) is 9.90. The Morgan fingerprint density at radius 3 is 2.38 bits per heavy atom. The molecular weight excluding hydrogens is 298 g/mol. The van der Waals surface area contributed by atoms with Crippen molar-refractivity contribution in [1.29, 1.82) is 0 Å². The van der Waals surface area contributed by atoms with Gasteiger partial charge in [0.2, 0.25) is 0 Å². The minimum Gasteiger partial charge on any atom is -0.379 e. The third-order valence-electron chi connectivity index (χ3n) is 5.35. The first-order valence-corrected chi connectivity index (χ1v) is 9.90. The van der Waals surface area contributed by atoms with E-state index in [-0.39, 0.29) is 0 Å². The molecule has 2 fully saturated rings. The molecule has 24 heavy (non-hydrogen) atoms. The van der Waals surface area contributed by atoms with Crippen molar-refractivity contribution in [2.75, 3.05) is 32.8 Å². The molecule has 1 aliphatic carbocycles. The van der Waals surface area contributed by atoms with Gasteiger partial charge in [-0.3, -0.25) is 4.90 Å². The van der Waals surface area contributed by atoms with E-state index in [4.69, 9.17) is 9.47 Å². The molecule has 2 aliphatic rings. The van der Waals surface area contributed by atoms with Crippen LogP contribution in [-0.2, 0) is 22.5 Å². The van der Waals surface area contributed by atoms with Crippen LogP contribution in [-0.4, -0.2) is 43.9 Å². The van der Waals surface area contributed by atoms with Crippen molar-refractivity contribution in [2.45, 2.75) is 64.1 Å². The molecule has 1 aromatic carbocycles. The van der Waals surface area contributed by atoms with Crippen molar-refractivity contribution in [3.63, 3.8) is 0 Å². The number of hydrogen-bond donors (Lipinski definition) is 0. The number of hydrogen-bond acceptors (Lipinski definition) is 3. The van der Waals surface area contributed by atoms with E-state index in [0.29, 0.717) is 6.10 Å². The molecule has 134 valence electrons. The maximum absolute atomic E-state index is 6.06. The Morgan fingerprint density at radius 2 is 1.62 bits per heavy atom. The Morgan fingerprint density at radius 1 is 0.917 bits per heavy atom. The SMILES string of the molecule is c1cc(COC2CCCCC2)ccc1CCCCN1CCOCC1. The molecule has 0 aromatic heterocycles. The number of morpholine rings is 1. The average Bonchev–Trinajstić information content (AvgIpc) is 2.66. The van der Waals surface area contributed by atoms with E-state index in [9.17, 15) is 0 Å². The van der Waals surface area contributed by atoms with E-state index in [0.717, 1.165) is 32.9 Å².